The molecule has 0 bridgehead atoms. The van der Waals surface area contributed by atoms with E-state index in [1.54, 1.807) is 0 Å². The summed E-state index contributed by atoms with van der Waals surface area (Å²) in [7, 11) is 0. The molecule has 0 fully saturated rings. The minimum absolute atomic E-state index is 0.353. The number of benzene rings is 1. The number of hydrogen-bond donors (Lipinski definition) is 1. The van der Waals surface area contributed by atoms with Gasteiger partial charge in [-0.15, -0.1) is 0 Å². The van der Waals surface area contributed by atoms with Crippen molar-refractivity contribution in [2.75, 3.05) is 5.73 Å². The molecule has 2 N–H and O–H groups in total. The molecule has 72 valence electrons. The molecule has 0 spiro atoms. The molecular formula is C10H11N3S. The van der Waals surface area contributed by atoms with Gasteiger partial charge in [0.2, 0.25) is 5.95 Å². The van der Waals surface area contributed by atoms with Crippen molar-refractivity contribution in [3.8, 4) is 10.6 Å². The first kappa shape index (κ1) is 9.15. The molecule has 0 saturated heterocycles. The van der Waals surface area contributed by atoms with E-state index in [1.807, 2.05) is 0 Å². The topological polar surface area (TPSA) is 51.8 Å². The van der Waals surface area contributed by atoms with E-state index in [-0.39, 0.29) is 0 Å². The summed E-state index contributed by atoms with van der Waals surface area (Å²) in [6.07, 6.45) is 0. The lowest BCUT2D eigenvalue weighted by Crippen LogP contribution is -1.87. The number of nitrogen functional groups attached to an aromatic ring is 1. The summed E-state index contributed by atoms with van der Waals surface area (Å²) in [5, 5.41) is 0.892. The fourth-order valence-corrected chi connectivity index (χ4v) is 1.98. The number of rotatable bonds is 1. The molecule has 4 heteroatoms. The Hall–Kier alpha value is -1.42. The van der Waals surface area contributed by atoms with E-state index < -0.39 is 0 Å². The van der Waals surface area contributed by atoms with Gasteiger partial charge in [-0.1, -0.05) is 17.7 Å². The van der Waals surface area contributed by atoms with Crippen molar-refractivity contribution < 1.29 is 0 Å². The molecule has 1 aromatic heterocycles. The van der Waals surface area contributed by atoms with Crippen LogP contribution >= 0.6 is 11.5 Å². The predicted octanol–water partition coefficient (Wildman–Crippen LogP) is 2.40. The second kappa shape index (κ2) is 3.38. The summed E-state index contributed by atoms with van der Waals surface area (Å²) in [6.45, 7) is 4.12. The van der Waals surface area contributed by atoms with E-state index in [4.69, 9.17) is 5.73 Å². The molecule has 0 amide bonds. The lowest BCUT2D eigenvalue weighted by atomic mass is 10.1. The molecular weight excluding hydrogens is 194 g/mol. The van der Waals surface area contributed by atoms with Gasteiger partial charge in [0.15, 0.2) is 0 Å². The van der Waals surface area contributed by atoms with Crippen LogP contribution in [-0.2, 0) is 0 Å². The summed E-state index contributed by atoms with van der Waals surface area (Å²) >= 11 is 1.34. The van der Waals surface area contributed by atoms with Crippen molar-refractivity contribution in [2.24, 2.45) is 0 Å². The van der Waals surface area contributed by atoms with Crippen LogP contribution in [0.25, 0.3) is 10.6 Å². The van der Waals surface area contributed by atoms with Gasteiger partial charge in [0.25, 0.3) is 0 Å². The fourth-order valence-electron chi connectivity index (χ4n) is 1.31. The number of aromatic nitrogens is 2. The largest absolute Gasteiger partial charge is 0.367 e. The van der Waals surface area contributed by atoms with Crippen LogP contribution in [0.2, 0.25) is 0 Å². The van der Waals surface area contributed by atoms with E-state index in [9.17, 15) is 0 Å². The van der Waals surface area contributed by atoms with Gasteiger partial charge in [0.1, 0.15) is 5.01 Å². The van der Waals surface area contributed by atoms with E-state index in [0.29, 0.717) is 5.95 Å². The smallest absolute Gasteiger partial charge is 0.232 e. The molecule has 2 rings (SSSR count). The first-order valence-electron chi connectivity index (χ1n) is 4.33. The Balaban J connectivity index is 2.55. The van der Waals surface area contributed by atoms with Crippen LogP contribution in [0.3, 0.4) is 0 Å². The molecule has 1 aromatic carbocycles. The maximum Gasteiger partial charge on any atom is 0.232 e. The molecule has 2 aromatic rings. The molecule has 0 unspecified atom stereocenters. The Morgan fingerprint density at radius 1 is 1.29 bits per heavy atom. The lowest BCUT2D eigenvalue weighted by Gasteiger charge is -2.02. The Morgan fingerprint density at radius 3 is 2.71 bits per heavy atom. The van der Waals surface area contributed by atoms with Crippen LogP contribution in [0, 0.1) is 13.8 Å². The zero-order valence-electron chi connectivity index (χ0n) is 8.11. The maximum absolute atomic E-state index is 5.49. The molecule has 14 heavy (non-hydrogen) atoms. The van der Waals surface area contributed by atoms with Crippen molar-refractivity contribution in [3.63, 3.8) is 0 Å². The van der Waals surface area contributed by atoms with Gasteiger partial charge >= 0.3 is 0 Å². The van der Waals surface area contributed by atoms with Crippen molar-refractivity contribution in [2.45, 2.75) is 13.8 Å². The van der Waals surface area contributed by atoms with E-state index in [1.165, 1.54) is 22.7 Å². The normalized spacial score (nSPS) is 10.4. The first-order valence-corrected chi connectivity index (χ1v) is 5.11. The molecule has 0 aliphatic heterocycles. The average Bonchev–Trinajstić information content (AvgIpc) is 2.56. The van der Waals surface area contributed by atoms with Gasteiger partial charge < -0.3 is 5.73 Å². The summed E-state index contributed by atoms with van der Waals surface area (Å²) in [5.74, 6) is 0.353. The zero-order valence-corrected chi connectivity index (χ0v) is 8.93. The summed E-state index contributed by atoms with van der Waals surface area (Å²) in [4.78, 5) is 4.17. The van der Waals surface area contributed by atoms with Gasteiger partial charge in [-0.2, -0.15) is 9.36 Å². The minimum Gasteiger partial charge on any atom is -0.367 e. The van der Waals surface area contributed by atoms with Gasteiger partial charge in [-0.05, 0) is 37.0 Å². The molecule has 0 radical (unpaired) electrons. The number of nitrogens with zero attached hydrogens (tertiary/aromatic N) is 2. The highest BCUT2D eigenvalue weighted by Crippen LogP contribution is 2.26. The van der Waals surface area contributed by atoms with Crippen molar-refractivity contribution >= 4 is 17.5 Å². The second-order valence-electron chi connectivity index (χ2n) is 3.28. The van der Waals surface area contributed by atoms with Crippen LogP contribution in [0.4, 0.5) is 5.95 Å². The average molecular weight is 205 g/mol. The van der Waals surface area contributed by atoms with Crippen LogP contribution in [0.5, 0.6) is 0 Å². The number of aryl methyl sites for hydroxylation is 2. The standard InChI is InChI=1S/C10H11N3S/c1-6-3-4-7(2)8(5-6)9-12-10(11)13-14-9/h3-5H,1-2H3,(H2,11,13). The Kier molecular flexibility index (Phi) is 2.21. The van der Waals surface area contributed by atoms with E-state index >= 15 is 0 Å². The van der Waals surface area contributed by atoms with Crippen LogP contribution in [0.15, 0.2) is 18.2 Å². The number of hydrogen-bond acceptors (Lipinski definition) is 4. The van der Waals surface area contributed by atoms with Gasteiger partial charge in [0, 0.05) is 5.56 Å². The monoisotopic (exact) mass is 205 g/mol. The van der Waals surface area contributed by atoms with Crippen LogP contribution in [-0.4, -0.2) is 9.36 Å². The summed E-state index contributed by atoms with van der Waals surface area (Å²) in [5.41, 5.74) is 9.04. The van der Waals surface area contributed by atoms with E-state index in [2.05, 4.69) is 41.4 Å². The van der Waals surface area contributed by atoms with Gasteiger partial charge in [-0.3, -0.25) is 0 Å². The third-order valence-corrected chi connectivity index (χ3v) is 2.83. The highest BCUT2D eigenvalue weighted by molar-refractivity contribution is 7.09. The Morgan fingerprint density at radius 2 is 2.07 bits per heavy atom. The lowest BCUT2D eigenvalue weighted by molar-refractivity contribution is 1.32. The van der Waals surface area contributed by atoms with Crippen molar-refractivity contribution in [1.82, 2.24) is 9.36 Å². The molecule has 3 nitrogen and oxygen atoms in total. The SMILES string of the molecule is Cc1ccc(C)c(-c2nc(N)ns2)c1. The zero-order chi connectivity index (χ0) is 10.1. The molecule has 0 aliphatic rings. The van der Waals surface area contributed by atoms with E-state index in [0.717, 1.165) is 10.6 Å². The van der Waals surface area contributed by atoms with Crippen molar-refractivity contribution in [3.05, 3.63) is 29.3 Å². The maximum atomic E-state index is 5.49. The summed E-state index contributed by atoms with van der Waals surface area (Å²) < 4.78 is 3.97. The van der Waals surface area contributed by atoms with Crippen LogP contribution < -0.4 is 5.73 Å². The highest BCUT2D eigenvalue weighted by atomic mass is 32.1. The fraction of sp³-hybridized carbons (Fsp3) is 0.200. The third-order valence-electron chi connectivity index (χ3n) is 2.07. The highest BCUT2D eigenvalue weighted by Gasteiger charge is 2.06. The first-order chi connectivity index (χ1) is 6.66. The molecule has 0 aliphatic carbocycles. The Labute approximate surface area is 86.8 Å². The molecule has 1 heterocycles. The second-order valence-corrected chi connectivity index (χ2v) is 4.03. The summed E-state index contributed by atoms with van der Waals surface area (Å²) in [6, 6.07) is 6.28. The Bertz CT molecular complexity index is 462. The van der Waals surface area contributed by atoms with Gasteiger partial charge in [-0.25, -0.2) is 0 Å². The van der Waals surface area contributed by atoms with Crippen LogP contribution in [0.1, 0.15) is 11.1 Å². The van der Waals surface area contributed by atoms with Crippen molar-refractivity contribution in [1.29, 1.82) is 0 Å². The predicted molar refractivity (Wildman–Crippen MR) is 59.2 cm³/mol. The quantitative estimate of drug-likeness (QED) is 0.777. The van der Waals surface area contributed by atoms with Gasteiger partial charge in [0.05, 0.1) is 0 Å². The third kappa shape index (κ3) is 1.61. The number of anilines is 1. The number of nitrogens with two attached hydrogens (primary N) is 1. The molecule has 0 atom stereocenters. The minimum atomic E-state index is 0.353. The molecule has 0 saturated carbocycles.